The van der Waals surface area contributed by atoms with Crippen LogP contribution in [0.1, 0.15) is 15.9 Å². The summed E-state index contributed by atoms with van der Waals surface area (Å²) in [6, 6.07) is 5.40. The van der Waals surface area contributed by atoms with Gasteiger partial charge in [0.05, 0.1) is 18.7 Å². The molecule has 1 aromatic rings. The fourth-order valence-electron chi connectivity index (χ4n) is 1.43. The van der Waals surface area contributed by atoms with E-state index in [4.69, 9.17) is 4.74 Å². The highest BCUT2D eigenvalue weighted by Gasteiger charge is 2.12. The van der Waals surface area contributed by atoms with E-state index in [1.807, 2.05) is 13.0 Å². The van der Waals surface area contributed by atoms with Crippen LogP contribution in [0.15, 0.2) is 22.7 Å². The zero-order chi connectivity index (χ0) is 14.3. The highest BCUT2D eigenvalue weighted by Crippen LogP contribution is 2.20. The Bertz CT molecular complexity index is 463. The summed E-state index contributed by atoms with van der Waals surface area (Å²) in [6.45, 7) is 2.73. The molecule has 0 saturated carbocycles. The van der Waals surface area contributed by atoms with Crippen LogP contribution < -0.4 is 10.6 Å². The van der Waals surface area contributed by atoms with Crippen LogP contribution in [0.3, 0.4) is 0 Å². The van der Waals surface area contributed by atoms with Crippen molar-refractivity contribution in [2.75, 3.05) is 26.8 Å². The molecule has 0 aliphatic rings. The lowest BCUT2D eigenvalue weighted by Gasteiger charge is -2.08. The summed E-state index contributed by atoms with van der Waals surface area (Å²) in [5.41, 5.74) is 1.49. The minimum absolute atomic E-state index is 0.0526. The molecule has 0 aromatic heterocycles. The van der Waals surface area contributed by atoms with E-state index in [1.165, 1.54) is 0 Å². The largest absolute Gasteiger partial charge is 0.383 e. The van der Waals surface area contributed by atoms with Gasteiger partial charge in [0.1, 0.15) is 0 Å². The van der Waals surface area contributed by atoms with Gasteiger partial charge in [-0.15, -0.1) is 0 Å². The van der Waals surface area contributed by atoms with Crippen LogP contribution in [0.4, 0.5) is 0 Å². The van der Waals surface area contributed by atoms with Crippen molar-refractivity contribution in [3.8, 4) is 0 Å². The molecule has 0 aliphatic heterocycles. The molecule has 0 spiro atoms. The molecule has 1 rings (SSSR count). The van der Waals surface area contributed by atoms with Crippen LogP contribution in [0, 0.1) is 6.92 Å². The van der Waals surface area contributed by atoms with Gasteiger partial charge in [0.15, 0.2) is 0 Å². The van der Waals surface area contributed by atoms with Gasteiger partial charge in [-0.25, -0.2) is 0 Å². The molecule has 0 fully saturated rings. The van der Waals surface area contributed by atoms with Crippen molar-refractivity contribution in [1.82, 2.24) is 10.6 Å². The van der Waals surface area contributed by atoms with Gasteiger partial charge >= 0.3 is 0 Å². The summed E-state index contributed by atoms with van der Waals surface area (Å²) in [7, 11) is 1.56. The van der Waals surface area contributed by atoms with Gasteiger partial charge in [-0.05, 0) is 34.5 Å². The van der Waals surface area contributed by atoms with Crippen LogP contribution in [-0.4, -0.2) is 38.6 Å². The summed E-state index contributed by atoms with van der Waals surface area (Å²) in [4.78, 5) is 23.3. The second-order valence-corrected chi connectivity index (χ2v) is 4.75. The van der Waals surface area contributed by atoms with Crippen molar-refractivity contribution >= 4 is 27.7 Å². The second-order valence-electron chi connectivity index (χ2n) is 3.96. The quantitative estimate of drug-likeness (QED) is 0.772. The van der Waals surface area contributed by atoms with Gasteiger partial charge in [-0.3, -0.25) is 9.59 Å². The van der Waals surface area contributed by atoms with Crippen LogP contribution in [0.5, 0.6) is 0 Å². The third-order valence-corrected chi connectivity index (χ3v) is 3.53. The Hall–Kier alpha value is -1.40. The topological polar surface area (TPSA) is 67.4 Å². The second kappa shape index (κ2) is 7.91. The van der Waals surface area contributed by atoms with E-state index in [-0.39, 0.29) is 18.4 Å². The number of ether oxygens (including phenoxy) is 1. The lowest BCUT2D eigenvalue weighted by Crippen LogP contribution is -2.38. The molecule has 2 amide bonds. The number of aryl methyl sites for hydroxylation is 1. The van der Waals surface area contributed by atoms with Crippen molar-refractivity contribution in [1.29, 1.82) is 0 Å². The fraction of sp³-hybridized carbons (Fsp3) is 0.385. The first-order valence-electron chi connectivity index (χ1n) is 5.85. The maximum atomic E-state index is 11.9. The van der Waals surface area contributed by atoms with E-state index in [1.54, 1.807) is 19.2 Å². The fourth-order valence-corrected chi connectivity index (χ4v) is 1.88. The molecule has 0 unspecified atom stereocenters. The number of nitrogens with one attached hydrogen (secondary N) is 2. The molecule has 0 heterocycles. The molecule has 1 aromatic carbocycles. The van der Waals surface area contributed by atoms with Crippen LogP contribution >= 0.6 is 15.9 Å². The molecular formula is C13H17BrN2O3. The molecular weight excluding hydrogens is 312 g/mol. The molecule has 0 aliphatic carbocycles. The molecule has 0 atom stereocenters. The van der Waals surface area contributed by atoms with Crippen molar-refractivity contribution in [2.24, 2.45) is 0 Å². The smallest absolute Gasteiger partial charge is 0.252 e. The summed E-state index contributed by atoms with van der Waals surface area (Å²) in [5, 5.41) is 5.20. The predicted octanol–water partition coefficient (Wildman–Crippen LogP) is 1.25. The Morgan fingerprint density at radius 1 is 1.32 bits per heavy atom. The number of halogens is 1. The average Bonchev–Trinajstić information content (AvgIpc) is 2.39. The molecule has 5 nitrogen and oxygen atoms in total. The maximum absolute atomic E-state index is 11.9. The summed E-state index contributed by atoms with van der Waals surface area (Å²) < 4.78 is 5.55. The standard InChI is InChI=1S/C13H17BrN2O3/c1-9-4-3-5-10(12(9)14)13(18)16-8-11(17)15-6-7-19-2/h3-5H,6-8H2,1-2H3,(H,15,17)(H,16,18). The molecule has 6 heteroatoms. The summed E-state index contributed by atoms with van der Waals surface area (Å²) in [6.07, 6.45) is 0. The third kappa shape index (κ3) is 5.00. The monoisotopic (exact) mass is 328 g/mol. The highest BCUT2D eigenvalue weighted by atomic mass is 79.9. The number of carbonyl (C=O) groups is 2. The van der Waals surface area contributed by atoms with Gasteiger partial charge in [0.2, 0.25) is 5.91 Å². The first-order chi connectivity index (χ1) is 9.06. The third-order valence-electron chi connectivity index (χ3n) is 2.47. The summed E-state index contributed by atoms with van der Waals surface area (Å²) >= 11 is 3.36. The first-order valence-corrected chi connectivity index (χ1v) is 6.64. The molecule has 104 valence electrons. The molecule has 19 heavy (non-hydrogen) atoms. The molecule has 0 radical (unpaired) electrons. The number of carbonyl (C=O) groups excluding carboxylic acids is 2. The van der Waals surface area contributed by atoms with Gasteiger partial charge < -0.3 is 15.4 Å². The van der Waals surface area contributed by atoms with Gasteiger partial charge in [-0.1, -0.05) is 12.1 Å². The zero-order valence-corrected chi connectivity index (χ0v) is 12.5. The van der Waals surface area contributed by atoms with E-state index in [0.717, 1.165) is 10.0 Å². The van der Waals surface area contributed by atoms with E-state index in [2.05, 4.69) is 26.6 Å². The Morgan fingerprint density at radius 3 is 2.74 bits per heavy atom. The van der Waals surface area contributed by atoms with Gasteiger partial charge in [0, 0.05) is 18.1 Å². The Balaban J connectivity index is 2.47. The van der Waals surface area contributed by atoms with Gasteiger partial charge in [-0.2, -0.15) is 0 Å². The van der Waals surface area contributed by atoms with Crippen LogP contribution in [0.2, 0.25) is 0 Å². The van der Waals surface area contributed by atoms with E-state index < -0.39 is 0 Å². The first kappa shape index (κ1) is 15.7. The molecule has 0 saturated heterocycles. The van der Waals surface area contributed by atoms with Crippen molar-refractivity contribution < 1.29 is 14.3 Å². The van der Waals surface area contributed by atoms with E-state index >= 15 is 0 Å². The average molecular weight is 329 g/mol. The summed E-state index contributed by atoms with van der Waals surface area (Å²) in [5.74, 6) is -0.522. The predicted molar refractivity (Wildman–Crippen MR) is 76.1 cm³/mol. The Labute approximate surface area is 120 Å². The number of hydrogen-bond acceptors (Lipinski definition) is 3. The number of rotatable bonds is 6. The number of amides is 2. The van der Waals surface area contributed by atoms with Crippen molar-refractivity contribution in [3.05, 3.63) is 33.8 Å². The number of hydrogen-bond donors (Lipinski definition) is 2. The van der Waals surface area contributed by atoms with Gasteiger partial charge in [0.25, 0.3) is 5.91 Å². The molecule has 2 N–H and O–H groups in total. The molecule has 0 bridgehead atoms. The van der Waals surface area contributed by atoms with E-state index in [9.17, 15) is 9.59 Å². The Kier molecular flexibility index (Phi) is 6.52. The van der Waals surface area contributed by atoms with Crippen molar-refractivity contribution in [3.63, 3.8) is 0 Å². The minimum atomic E-state index is -0.280. The highest BCUT2D eigenvalue weighted by molar-refractivity contribution is 9.10. The minimum Gasteiger partial charge on any atom is -0.383 e. The lowest BCUT2D eigenvalue weighted by atomic mass is 10.1. The zero-order valence-electron chi connectivity index (χ0n) is 11.0. The SMILES string of the molecule is COCCNC(=O)CNC(=O)c1cccc(C)c1Br. The van der Waals surface area contributed by atoms with E-state index in [0.29, 0.717) is 18.7 Å². The Morgan fingerprint density at radius 2 is 2.05 bits per heavy atom. The normalized spacial score (nSPS) is 10.1. The van der Waals surface area contributed by atoms with Crippen LogP contribution in [0.25, 0.3) is 0 Å². The van der Waals surface area contributed by atoms with Crippen LogP contribution in [-0.2, 0) is 9.53 Å². The lowest BCUT2D eigenvalue weighted by molar-refractivity contribution is -0.120. The van der Waals surface area contributed by atoms with Crippen molar-refractivity contribution in [2.45, 2.75) is 6.92 Å². The number of benzene rings is 1. The maximum Gasteiger partial charge on any atom is 0.252 e. The number of methoxy groups -OCH3 is 1.